The molecule has 2 N–H and O–H groups in total. The van der Waals surface area contributed by atoms with E-state index in [1.807, 2.05) is 13.8 Å². The molecule has 2 aromatic rings. The van der Waals surface area contributed by atoms with Gasteiger partial charge in [0.1, 0.15) is 11.5 Å². The van der Waals surface area contributed by atoms with E-state index in [1.54, 1.807) is 7.05 Å². The molecule has 1 aromatic carbocycles. The Labute approximate surface area is 162 Å². The number of guanidine groups is 1. The number of aromatic nitrogens is 1. The number of nitrogens with zero attached hydrogens (tertiary/aromatic N) is 2. The lowest BCUT2D eigenvalue weighted by molar-refractivity contribution is 0.303. The summed E-state index contributed by atoms with van der Waals surface area (Å²) in [6, 6.07) is 6.30. The molecule has 0 bridgehead atoms. The summed E-state index contributed by atoms with van der Waals surface area (Å²) in [6.07, 6.45) is 3.46. The van der Waals surface area contributed by atoms with Gasteiger partial charge < -0.3 is 19.8 Å². The maximum absolute atomic E-state index is 6.01. The molecule has 1 aromatic heterocycles. The maximum atomic E-state index is 6.01. The van der Waals surface area contributed by atoms with Crippen LogP contribution < -0.4 is 15.4 Å². The number of oxazole rings is 1. The number of benzene rings is 1. The van der Waals surface area contributed by atoms with Crippen LogP contribution in [0, 0.1) is 20.8 Å². The van der Waals surface area contributed by atoms with Gasteiger partial charge in [-0.05, 0) is 38.8 Å². The number of rotatable bonds is 9. The number of aryl methyl sites for hydroxylation is 3. The highest BCUT2D eigenvalue weighted by Gasteiger charge is 2.08. The van der Waals surface area contributed by atoms with Gasteiger partial charge in [0, 0.05) is 19.2 Å². The highest BCUT2D eigenvalue weighted by atomic mass is 16.5. The molecule has 0 spiro atoms. The van der Waals surface area contributed by atoms with Crippen molar-refractivity contribution in [2.24, 2.45) is 4.99 Å². The molecule has 0 atom stereocenters. The van der Waals surface area contributed by atoms with Crippen LogP contribution in [0.1, 0.15) is 54.7 Å². The predicted molar refractivity (Wildman–Crippen MR) is 109 cm³/mol. The summed E-state index contributed by atoms with van der Waals surface area (Å²) in [7, 11) is 1.75. The fourth-order valence-corrected chi connectivity index (χ4v) is 2.65. The third-order valence-corrected chi connectivity index (χ3v) is 4.38. The zero-order valence-corrected chi connectivity index (χ0v) is 17.2. The number of aliphatic imine (C=N–C) groups is 1. The second kappa shape index (κ2) is 10.6. The summed E-state index contributed by atoms with van der Waals surface area (Å²) in [5.41, 5.74) is 3.23. The Kier molecular flexibility index (Phi) is 8.17. The second-order valence-corrected chi connectivity index (χ2v) is 6.70. The van der Waals surface area contributed by atoms with Crippen LogP contribution >= 0.6 is 0 Å². The molecular weight excluding hydrogens is 340 g/mol. The van der Waals surface area contributed by atoms with Crippen molar-refractivity contribution in [1.29, 1.82) is 0 Å². The Bertz CT molecular complexity index is 733. The van der Waals surface area contributed by atoms with Crippen molar-refractivity contribution in [3.05, 3.63) is 46.7 Å². The van der Waals surface area contributed by atoms with Crippen LogP contribution in [0.2, 0.25) is 0 Å². The molecule has 0 saturated carbocycles. The normalized spacial score (nSPS) is 11.5. The Balaban J connectivity index is 1.91. The SMILES string of the molecule is CCCCCOc1cc(C)ccc1CNC(=NC)NCc1nc(C)c(C)o1. The van der Waals surface area contributed by atoms with E-state index in [0.717, 1.165) is 35.8 Å². The van der Waals surface area contributed by atoms with Crippen molar-refractivity contribution < 1.29 is 9.15 Å². The van der Waals surface area contributed by atoms with E-state index < -0.39 is 0 Å². The van der Waals surface area contributed by atoms with E-state index in [1.165, 1.54) is 18.4 Å². The molecule has 0 aliphatic rings. The Morgan fingerprint density at radius 1 is 1.15 bits per heavy atom. The molecule has 148 valence electrons. The highest BCUT2D eigenvalue weighted by molar-refractivity contribution is 5.79. The zero-order chi connectivity index (χ0) is 19.6. The smallest absolute Gasteiger partial charge is 0.214 e. The van der Waals surface area contributed by atoms with E-state index in [4.69, 9.17) is 9.15 Å². The third kappa shape index (κ3) is 6.62. The van der Waals surface area contributed by atoms with Gasteiger partial charge >= 0.3 is 0 Å². The quantitative estimate of drug-likeness (QED) is 0.395. The molecule has 0 saturated heterocycles. The van der Waals surface area contributed by atoms with Crippen LogP contribution in [-0.2, 0) is 13.1 Å². The molecule has 0 aliphatic carbocycles. The molecular formula is C21H32N4O2. The van der Waals surface area contributed by atoms with Crippen LogP contribution in [0.25, 0.3) is 0 Å². The van der Waals surface area contributed by atoms with E-state index >= 15 is 0 Å². The first-order chi connectivity index (χ1) is 13.0. The molecule has 2 rings (SSSR count). The van der Waals surface area contributed by atoms with Gasteiger partial charge in [-0.15, -0.1) is 0 Å². The lowest BCUT2D eigenvalue weighted by Gasteiger charge is -2.15. The van der Waals surface area contributed by atoms with E-state index in [9.17, 15) is 0 Å². The van der Waals surface area contributed by atoms with Crippen molar-refractivity contribution >= 4 is 5.96 Å². The first kappa shape index (κ1) is 20.8. The lowest BCUT2D eigenvalue weighted by Crippen LogP contribution is -2.36. The lowest BCUT2D eigenvalue weighted by atomic mass is 10.1. The van der Waals surface area contributed by atoms with Crippen molar-refractivity contribution in [3.8, 4) is 5.75 Å². The summed E-state index contributed by atoms with van der Waals surface area (Å²) >= 11 is 0. The average Bonchev–Trinajstić information content (AvgIpc) is 2.98. The summed E-state index contributed by atoms with van der Waals surface area (Å²) in [5, 5.41) is 6.56. The predicted octanol–water partition coefficient (Wildman–Crippen LogP) is 4.03. The molecule has 0 radical (unpaired) electrons. The monoisotopic (exact) mass is 372 g/mol. The van der Waals surface area contributed by atoms with Gasteiger partial charge in [-0.3, -0.25) is 4.99 Å². The van der Waals surface area contributed by atoms with Gasteiger partial charge in [0.25, 0.3) is 0 Å². The van der Waals surface area contributed by atoms with Crippen LogP contribution in [0.4, 0.5) is 0 Å². The van der Waals surface area contributed by atoms with E-state index in [0.29, 0.717) is 24.9 Å². The average molecular weight is 373 g/mol. The Morgan fingerprint density at radius 2 is 1.93 bits per heavy atom. The van der Waals surface area contributed by atoms with E-state index in [-0.39, 0.29) is 0 Å². The fourth-order valence-electron chi connectivity index (χ4n) is 2.65. The molecule has 0 fully saturated rings. The number of hydrogen-bond donors (Lipinski definition) is 2. The van der Waals surface area contributed by atoms with Crippen molar-refractivity contribution in [1.82, 2.24) is 15.6 Å². The Morgan fingerprint density at radius 3 is 2.59 bits per heavy atom. The largest absolute Gasteiger partial charge is 0.493 e. The first-order valence-corrected chi connectivity index (χ1v) is 9.63. The summed E-state index contributed by atoms with van der Waals surface area (Å²) < 4.78 is 11.6. The summed E-state index contributed by atoms with van der Waals surface area (Å²) in [6.45, 7) is 10.0. The minimum absolute atomic E-state index is 0.489. The number of ether oxygens (including phenoxy) is 1. The molecule has 6 nitrogen and oxygen atoms in total. The van der Waals surface area contributed by atoms with Gasteiger partial charge in [0.15, 0.2) is 5.96 Å². The molecule has 0 aliphatic heterocycles. The summed E-state index contributed by atoms with van der Waals surface area (Å²) in [4.78, 5) is 8.64. The van der Waals surface area contributed by atoms with Gasteiger partial charge in [-0.1, -0.05) is 31.9 Å². The van der Waals surface area contributed by atoms with E-state index in [2.05, 4.69) is 52.7 Å². The van der Waals surface area contributed by atoms with Gasteiger partial charge in [-0.2, -0.15) is 0 Å². The van der Waals surface area contributed by atoms with Crippen molar-refractivity contribution in [2.45, 2.75) is 60.0 Å². The molecule has 6 heteroatoms. The summed E-state index contributed by atoms with van der Waals surface area (Å²) in [5.74, 6) is 3.14. The first-order valence-electron chi connectivity index (χ1n) is 9.63. The minimum Gasteiger partial charge on any atom is -0.493 e. The topological polar surface area (TPSA) is 71.7 Å². The van der Waals surface area contributed by atoms with Gasteiger partial charge in [0.2, 0.25) is 5.89 Å². The molecule has 1 heterocycles. The number of unbranched alkanes of at least 4 members (excludes halogenated alkanes) is 2. The maximum Gasteiger partial charge on any atom is 0.214 e. The highest BCUT2D eigenvalue weighted by Crippen LogP contribution is 2.20. The molecule has 0 unspecified atom stereocenters. The molecule has 27 heavy (non-hydrogen) atoms. The standard InChI is InChI=1S/C21H32N4O2/c1-6-7-8-11-26-19-12-15(2)9-10-18(19)13-23-21(22-5)24-14-20-25-16(3)17(4)27-20/h9-10,12H,6-8,11,13-14H2,1-5H3,(H2,22,23,24). The van der Waals surface area contributed by atoms with Crippen LogP contribution in [0.15, 0.2) is 27.6 Å². The Hall–Kier alpha value is -2.50. The van der Waals surface area contributed by atoms with Gasteiger partial charge in [-0.25, -0.2) is 4.98 Å². The zero-order valence-electron chi connectivity index (χ0n) is 17.2. The molecule has 0 amide bonds. The second-order valence-electron chi connectivity index (χ2n) is 6.70. The van der Waals surface area contributed by atoms with Gasteiger partial charge in [0.05, 0.1) is 18.8 Å². The minimum atomic E-state index is 0.489. The number of hydrogen-bond acceptors (Lipinski definition) is 4. The van der Waals surface area contributed by atoms with Crippen LogP contribution in [0.3, 0.4) is 0 Å². The van der Waals surface area contributed by atoms with Crippen molar-refractivity contribution in [2.75, 3.05) is 13.7 Å². The van der Waals surface area contributed by atoms with Crippen molar-refractivity contribution in [3.63, 3.8) is 0 Å². The van der Waals surface area contributed by atoms with Crippen LogP contribution in [-0.4, -0.2) is 24.6 Å². The fraction of sp³-hybridized carbons (Fsp3) is 0.524. The third-order valence-electron chi connectivity index (χ3n) is 4.38. The van der Waals surface area contributed by atoms with Crippen LogP contribution in [0.5, 0.6) is 5.75 Å². The number of nitrogens with one attached hydrogen (secondary N) is 2.